The molecule has 4 fully saturated rings. The van der Waals surface area contributed by atoms with Crippen LogP contribution in [0, 0.1) is 45.8 Å². The molecule has 170 valence electrons. The monoisotopic (exact) mass is 420 g/mol. The quantitative estimate of drug-likeness (QED) is 0.638. The Morgan fingerprint density at radius 2 is 1.80 bits per heavy atom. The Morgan fingerprint density at radius 3 is 2.47 bits per heavy atom. The van der Waals surface area contributed by atoms with Crippen molar-refractivity contribution in [1.29, 1.82) is 0 Å². The van der Waals surface area contributed by atoms with Gasteiger partial charge in [0.2, 0.25) is 0 Å². The van der Waals surface area contributed by atoms with Crippen LogP contribution in [-0.4, -0.2) is 39.3 Å². The van der Waals surface area contributed by atoms with Crippen molar-refractivity contribution in [2.45, 2.75) is 97.7 Å². The van der Waals surface area contributed by atoms with Gasteiger partial charge in [-0.2, -0.15) is 0 Å². The van der Waals surface area contributed by atoms with E-state index in [9.17, 15) is 19.8 Å². The number of carboxylic acid groups (broad SMARTS) is 1. The largest absolute Gasteiger partial charge is 0.481 e. The minimum atomic E-state index is -0.773. The number of carboxylic acids is 1. The number of hydrogen-bond acceptors (Lipinski definition) is 4. The lowest BCUT2D eigenvalue weighted by Gasteiger charge is -2.67. The third-order valence-corrected chi connectivity index (χ3v) is 10.8. The average molecular weight is 421 g/mol. The second kappa shape index (κ2) is 7.30. The summed E-state index contributed by atoms with van der Waals surface area (Å²) in [7, 11) is 0. The van der Waals surface area contributed by atoms with Gasteiger partial charge in [0.05, 0.1) is 12.2 Å². The normalized spacial score (nSPS) is 51.6. The second-order valence-electron chi connectivity index (χ2n) is 11.9. The minimum Gasteiger partial charge on any atom is -0.481 e. The molecule has 4 aliphatic carbocycles. The van der Waals surface area contributed by atoms with Gasteiger partial charge in [-0.3, -0.25) is 9.59 Å². The second-order valence-corrected chi connectivity index (χ2v) is 11.9. The van der Waals surface area contributed by atoms with Crippen molar-refractivity contribution < 1.29 is 24.9 Å². The molecule has 0 aromatic rings. The predicted molar refractivity (Wildman–Crippen MR) is 114 cm³/mol. The average Bonchev–Trinajstić information content (AvgIpc) is 3.00. The van der Waals surface area contributed by atoms with E-state index in [-0.39, 0.29) is 52.9 Å². The smallest absolute Gasteiger partial charge is 0.303 e. The van der Waals surface area contributed by atoms with E-state index in [0.717, 1.165) is 38.5 Å². The van der Waals surface area contributed by atoms with Crippen LogP contribution in [-0.2, 0) is 9.59 Å². The van der Waals surface area contributed by atoms with Crippen LogP contribution in [0.25, 0.3) is 0 Å². The molecule has 0 heterocycles. The van der Waals surface area contributed by atoms with Crippen LogP contribution in [0.4, 0.5) is 0 Å². The number of Topliss-reactive ketones (excluding diaryl/α,β-unsaturated/α-hetero) is 1. The van der Waals surface area contributed by atoms with E-state index < -0.39 is 17.5 Å². The number of fused-ring (bicyclic) bond motifs is 5. The molecule has 30 heavy (non-hydrogen) atoms. The molecule has 0 saturated heterocycles. The van der Waals surface area contributed by atoms with E-state index in [1.807, 2.05) is 0 Å². The van der Waals surface area contributed by atoms with Crippen molar-refractivity contribution in [1.82, 2.24) is 0 Å². The highest BCUT2D eigenvalue weighted by molar-refractivity contribution is 5.87. The molecule has 0 bridgehead atoms. The maximum absolute atomic E-state index is 13.9. The molecule has 0 aliphatic heterocycles. The van der Waals surface area contributed by atoms with Gasteiger partial charge >= 0.3 is 5.97 Å². The Hall–Kier alpha value is -0.940. The van der Waals surface area contributed by atoms with Gasteiger partial charge in [0.15, 0.2) is 0 Å². The first-order valence-corrected chi connectivity index (χ1v) is 12.1. The van der Waals surface area contributed by atoms with Crippen LogP contribution in [0.5, 0.6) is 0 Å². The zero-order valence-corrected chi connectivity index (χ0v) is 19.1. The lowest BCUT2D eigenvalue weighted by Crippen LogP contribution is -2.66. The molecule has 3 N–H and O–H groups in total. The van der Waals surface area contributed by atoms with Gasteiger partial charge in [-0.05, 0) is 85.4 Å². The van der Waals surface area contributed by atoms with Gasteiger partial charge in [-0.25, -0.2) is 0 Å². The summed E-state index contributed by atoms with van der Waals surface area (Å²) in [5, 5.41) is 30.8. The molecular weight excluding hydrogens is 380 g/mol. The molecule has 10 atom stereocenters. The number of ketones is 1. The fourth-order valence-corrected chi connectivity index (χ4v) is 8.91. The third kappa shape index (κ3) is 2.94. The van der Waals surface area contributed by atoms with Crippen LogP contribution >= 0.6 is 0 Å². The van der Waals surface area contributed by atoms with E-state index in [0.29, 0.717) is 18.6 Å². The first kappa shape index (κ1) is 22.3. The topological polar surface area (TPSA) is 94.8 Å². The zero-order chi connectivity index (χ0) is 22.1. The van der Waals surface area contributed by atoms with Gasteiger partial charge < -0.3 is 15.3 Å². The summed E-state index contributed by atoms with van der Waals surface area (Å²) in [6, 6.07) is 0. The molecule has 0 unspecified atom stereocenters. The number of aliphatic hydroxyl groups is 2. The van der Waals surface area contributed by atoms with E-state index in [2.05, 4.69) is 27.7 Å². The Labute approximate surface area is 180 Å². The number of carbonyl (C=O) groups excluding carboxylic acids is 1. The molecule has 0 radical (unpaired) electrons. The van der Waals surface area contributed by atoms with Crippen LogP contribution in [0.3, 0.4) is 0 Å². The SMILES string of the molecule is C[C@H](CCC(=O)O)[C@H]1CC[C@H]2[C@@H]3[C@@H](O)C[C@@H]4C[C@H](O)CC[C@]4(C)[C@@]3(C)CC(=O)[C@]12C. The van der Waals surface area contributed by atoms with Crippen molar-refractivity contribution in [3.8, 4) is 0 Å². The van der Waals surface area contributed by atoms with Crippen molar-refractivity contribution in [2.75, 3.05) is 0 Å². The van der Waals surface area contributed by atoms with Crippen LogP contribution < -0.4 is 0 Å². The third-order valence-electron chi connectivity index (χ3n) is 10.8. The molecule has 0 spiro atoms. The van der Waals surface area contributed by atoms with Crippen LogP contribution in [0.2, 0.25) is 0 Å². The summed E-state index contributed by atoms with van der Waals surface area (Å²) in [5.41, 5.74) is -0.726. The number of aliphatic hydroxyl groups excluding tert-OH is 2. The van der Waals surface area contributed by atoms with Crippen LogP contribution in [0.1, 0.15) is 85.5 Å². The summed E-state index contributed by atoms with van der Waals surface area (Å²) in [5.74, 6) is 0.486. The summed E-state index contributed by atoms with van der Waals surface area (Å²) in [6.07, 6.45) is 5.63. The number of carbonyl (C=O) groups is 2. The number of rotatable bonds is 4. The molecular formula is C25H40O5. The highest BCUT2D eigenvalue weighted by atomic mass is 16.4. The first-order chi connectivity index (χ1) is 13.9. The number of hydrogen-bond donors (Lipinski definition) is 3. The Bertz CT molecular complexity index is 720. The maximum Gasteiger partial charge on any atom is 0.303 e. The van der Waals surface area contributed by atoms with Crippen LogP contribution in [0.15, 0.2) is 0 Å². The predicted octanol–water partition coefficient (Wildman–Crippen LogP) is 4.05. The standard InChI is InChI=1S/C25H40O5/c1-14(5-8-21(29)30)17-6-7-18-22-19(27)12-15-11-16(26)9-10-23(15,2)24(22,3)13-20(28)25(17,18)4/h14-19,22,26-27H,5-13H2,1-4H3,(H,29,30)/t14-,15+,16-,17-,18+,19+,22-,23+,24+,25-/m1/s1. The van der Waals surface area contributed by atoms with Gasteiger partial charge in [-0.1, -0.05) is 27.7 Å². The van der Waals surface area contributed by atoms with E-state index in [1.54, 1.807) is 0 Å². The molecule has 0 aromatic carbocycles. The molecule has 5 heteroatoms. The maximum atomic E-state index is 13.9. The van der Waals surface area contributed by atoms with Crippen molar-refractivity contribution >= 4 is 11.8 Å². The summed E-state index contributed by atoms with van der Waals surface area (Å²) in [6.45, 7) is 8.81. The lowest BCUT2D eigenvalue weighted by atomic mass is 9.37. The highest BCUT2D eigenvalue weighted by Crippen LogP contribution is 2.72. The molecule has 0 amide bonds. The summed E-state index contributed by atoms with van der Waals surface area (Å²) >= 11 is 0. The van der Waals surface area contributed by atoms with Crippen molar-refractivity contribution in [3.63, 3.8) is 0 Å². The van der Waals surface area contributed by atoms with Crippen molar-refractivity contribution in [2.24, 2.45) is 45.8 Å². The first-order valence-electron chi connectivity index (χ1n) is 12.1. The Kier molecular flexibility index (Phi) is 5.42. The number of aliphatic carboxylic acids is 1. The summed E-state index contributed by atoms with van der Waals surface area (Å²) in [4.78, 5) is 24.9. The van der Waals surface area contributed by atoms with E-state index in [1.165, 1.54) is 0 Å². The van der Waals surface area contributed by atoms with Gasteiger partial charge in [-0.15, -0.1) is 0 Å². The molecule has 4 aliphatic rings. The fraction of sp³-hybridized carbons (Fsp3) is 0.920. The molecule has 5 nitrogen and oxygen atoms in total. The van der Waals surface area contributed by atoms with Crippen molar-refractivity contribution in [3.05, 3.63) is 0 Å². The van der Waals surface area contributed by atoms with E-state index in [4.69, 9.17) is 5.11 Å². The summed E-state index contributed by atoms with van der Waals surface area (Å²) < 4.78 is 0. The van der Waals surface area contributed by atoms with Gasteiger partial charge in [0.25, 0.3) is 0 Å². The molecule has 4 rings (SSSR count). The fourth-order valence-electron chi connectivity index (χ4n) is 8.91. The zero-order valence-electron chi connectivity index (χ0n) is 19.1. The molecule has 0 aromatic heterocycles. The van der Waals surface area contributed by atoms with Gasteiger partial charge in [0, 0.05) is 18.3 Å². The Balaban J connectivity index is 1.67. The van der Waals surface area contributed by atoms with E-state index >= 15 is 0 Å². The minimum absolute atomic E-state index is 0.0277. The molecule has 4 saturated carbocycles. The Morgan fingerprint density at radius 1 is 1.10 bits per heavy atom. The highest BCUT2D eigenvalue weighted by Gasteiger charge is 2.70. The lowest BCUT2D eigenvalue weighted by molar-refractivity contribution is -0.219. The van der Waals surface area contributed by atoms with Gasteiger partial charge in [0.1, 0.15) is 5.78 Å².